The maximum atomic E-state index is 12.7. The number of aromatic nitrogens is 7. The number of benzene rings is 2. The molecule has 0 spiro atoms. The Morgan fingerprint density at radius 3 is 2.70 bits per heavy atom. The van der Waals surface area contributed by atoms with E-state index < -0.39 is 0 Å². The van der Waals surface area contributed by atoms with Gasteiger partial charge in [-0.25, -0.2) is 9.97 Å². The monoisotopic (exact) mass is 490 g/mol. The number of aromatic amines is 2. The first kappa shape index (κ1) is 22.2. The van der Waals surface area contributed by atoms with Crippen LogP contribution in [0.25, 0.3) is 33.2 Å². The van der Waals surface area contributed by atoms with Gasteiger partial charge in [-0.05, 0) is 36.4 Å². The van der Waals surface area contributed by atoms with Crippen molar-refractivity contribution < 1.29 is 4.79 Å². The summed E-state index contributed by atoms with van der Waals surface area (Å²) in [5.41, 5.74) is 5.50. The number of H-pyrrole nitrogens is 2. The predicted octanol–water partition coefficient (Wildman–Crippen LogP) is 4.35. The van der Waals surface area contributed by atoms with E-state index in [1.807, 2.05) is 61.6 Å². The average molecular weight is 491 g/mol. The normalized spacial score (nSPS) is 11.1. The van der Waals surface area contributed by atoms with Crippen molar-refractivity contribution >= 4 is 50.6 Å². The maximum Gasteiger partial charge on any atom is 0.272 e. The first-order valence-corrected chi connectivity index (χ1v) is 11.5. The Bertz CT molecular complexity index is 1740. The van der Waals surface area contributed by atoms with Crippen LogP contribution in [0.4, 0.5) is 22.9 Å². The summed E-state index contributed by atoms with van der Waals surface area (Å²) in [6, 6.07) is 15.1. The molecule has 0 fully saturated rings. The minimum atomic E-state index is -0.264. The van der Waals surface area contributed by atoms with Gasteiger partial charge in [0.15, 0.2) is 5.82 Å². The number of hydrogen-bond donors (Lipinski definition) is 4. The van der Waals surface area contributed by atoms with Crippen LogP contribution < -0.4 is 15.5 Å². The predicted molar refractivity (Wildman–Crippen MR) is 143 cm³/mol. The van der Waals surface area contributed by atoms with Gasteiger partial charge in [0, 0.05) is 42.1 Å². The molecule has 0 aliphatic heterocycles. The molecule has 0 aliphatic rings. The van der Waals surface area contributed by atoms with Crippen LogP contribution in [0, 0.1) is 0 Å². The Labute approximate surface area is 211 Å². The zero-order valence-corrected chi connectivity index (χ0v) is 20.0. The van der Waals surface area contributed by atoms with E-state index in [1.54, 1.807) is 18.3 Å². The van der Waals surface area contributed by atoms with Gasteiger partial charge in [-0.3, -0.25) is 9.89 Å². The van der Waals surface area contributed by atoms with Crippen LogP contribution in [0.5, 0.6) is 0 Å². The number of amides is 1. The Morgan fingerprint density at radius 2 is 1.86 bits per heavy atom. The van der Waals surface area contributed by atoms with Crippen LogP contribution in [0.1, 0.15) is 10.5 Å². The van der Waals surface area contributed by atoms with Crippen LogP contribution >= 0.6 is 0 Å². The summed E-state index contributed by atoms with van der Waals surface area (Å²) in [6.07, 6.45) is 6.55. The number of anilines is 4. The zero-order chi connectivity index (χ0) is 25.4. The molecule has 0 saturated heterocycles. The van der Waals surface area contributed by atoms with Crippen LogP contribution in [-0.4, -0.2) is 55.3 Å². The van der Waals surface area contributed by atoms with E-state index in [1.165, 1.54) is 12.4 Å². The fraction of sp³-hybridized carbons (Fsp3) is 0.0769. The van der Waals surface area contributed by atoms with E-state index in [-0.39, 0.29) is 5.91 Å². The third-order valence-electron chi connectivity index (χ3n) is 5.93. The zero-order valence-electron chi connectivity index (χ0n) is 20.0. The van der Waals surface area contributed by atoms with Crippen molar-refractivity contribution in [1.29, 1.82) is 0 Å². The van der Waals surface area contributed by atoms with Crippen molar-refractivity contribution in [2.24, 2.45) is 0 Å². The van der Waals surface area contributed by atoms with Gasteiger partial charge in [0.05, 0.1) is 41.2 Å². The Balaban J connectivity index is 1.28. The van der Waals surface area contributed by atoms with E-state index >= 15 is 0 Å². The molecule has 0 saturated carbocycles. The van der Waals surface area contributed by atoms with Crippen LogP contribution in [0.3, 0.4) is 0 Å². The van der Waals surface area contributed by atoms with E-state index in [0.717, 1.165) is 38.7 Å². The lowest BCUT2D eigenvalue weighted by molar-refractivity contribution is 0.102. The lowest BCUT2D eigenvalue weighted by Gasteiger charge is -2.19. The summed E-state index contributed by atoms with van der Waals surface area (Å²) in [5, 5.41) is 22.8. The van der Waals surface area contributed by atoms with Gasteiger partial charge < -0.3 is 20.5 Å². The van der Waals surface area contributed by atoms with Crippen molar-refractivity contribution in [3.8, 4) is 11.4 Å². The highest BCUT2D eigenvalue weighted by atomic mass is 16.1. The Kier molecular flexibility index (Phi) is 5.41. The van der Waals surface area contributed by atoms with Gasteiger partial charge in [0.2, 0.25) is 0 Å². The Hall–Kier alpha value is -5.32. The van der Waals surface area contributed by atoms with E-state index in [2.05, 4.69) is 41.0 Å². The molecule has 4 heterocycles. The van der Waals surface area contributed by atoms with Gasteiger partial charge in [-0.2, -0.15) is 15.3 Å². The molecule has 0 bridgehead atoms. The highest BCUT2D eigenvalue weighted by Crippen LogP contribution is 2.34. The first-order chi connectivity index (χ1) is 18.0. The van der Waals surface area contributed by atoms with Gasteiger partial charge in [0.1, 0.15) is 11.5 Å². The van der Waals surface area contributed by atoms with Crippen molar-refractivity contribution in [3.05, 3.63) is 79.0 Å². The molecular formula is C26H22N10O. The van der Waals surface area contributed by atoms with E-state index in [0.29, 0.717) is 23.0 Å². The van der Waals surface area contributed by atoms with Crippen molar-refractivity contribution in [2.45, 2.75) is 0 Å². The highest BCUT2D eigenvalue weighted by Gasteiger charge is 2.14. The topological polar surface area (TPSA) is 140 Å². The SMILES string of the molecule is CN(C)c1c(Nc2ccnc(-c3ccc4cc(C(=O)Nc5ccnnc5)[nH]c4c3)n2)ccc2[nH]ncc12. The smallest absolute Gasteiger partial charge is 0.272 e. The van der Waals surface area contributed by atoms with Gasteiger partial charge in [-0.15, -0.1) is 0 Å². The van der Waals surface area contributed by atoms with E-state index in [9.17, 15) is 4.79 Å². The number of nitrogens with zero attached hydrogens (tertiary/aromatic N) is 6. The quantitative estimate of drug-likeness (QED) is 0.270. The standard InChI is InChI=1S/C26H22N10O/c1-36(2)24-18-14-30-35-19(18)5-6-20(24)33-23-8-9-27-25(34-23)16-4-3-15-11-22(32-21(15)12-16)26(37)31-17-7-10-28-29-13-17/h3-14,32H,1-2H3,(H,30,35)(H,27,33,34)(H,28,31,37). The number of fused-ring (bicyclic) bond motifs is 2. The molecular weight excluding hydrogens is 468 g/mol. The summed E-state index contributed by atoms with van der Waals surface area (Å²) < 4.78 is 0. The number of rotatable bonds is 6. The minimum Gasteiger partial charge on any atom is -0.375 e. The molecule has 2 aromatic carbocycles. The third-order valence-corrected chi connectivity index (χ3v) is 5.93. The maximum absolute atomic E-state index is 12.7. The summed E-state index contributed by atoms with van der Waals surface area (Å²) in [5.74, 6) is 0.958. The molecule has 4 N–H and O–H groups in total. The molecule has 37 heavy (non-hydrogen) atoms. The summed E-state index contributed by atoms with van der Waals surface area (Å²) >= 11 is 0. The molecule has 0 atom stereocenters. The fourth-order valence-corrected chi connectivity index (χ4v) is 4.24. The molecule has 1 amide bonds. The van der Waals surface area contributed by atoms with Gasteiger partial charge >= 0.3 is 0 Å². The van der Waals surface area contributed by atoms with Crippen LogP contribution in [0.2, 0.25) is 0 Å². The number of carbonyl (C=O) groups is 1. The first-order valence-electron chi connectivity index (χ1n) is 11.5. The molecule has 11 nitrogen and oxygen atoms in total. The second-order valence-electron chi connectivity index (χ2n) is 8.65. The number of carbonyl (C=O) groups excluding carboxylic acids is 1. The molecule has 0 unspecified atom stereocenters. The second kappa shape index (κ2) is 9.04. The molecule has 11 heteroatoms. The Morgan fingerprint density at radius 1 is 0.946 bits per heavy atom. The lowest BCUT2D eigenvalue weighted by atomic mass is 10.1. The molecule has 0 aliphatic carbocycles. The minimum absolute atomic E-state index is 0.264. The third kappa shape index (κ3) is 4.29. The molecule has 6 rings (SSSR count). The second-order valence-corrected chi connectivity index (χ2v) is 8.65. The summed E-state index contributed by atoms with van der Waals surface area (Å²) in [6.45, 7) is 0. The van der Waals surface area contributed by atoms with E-state index in [4.69, 9.17) is 4.98 Å². The molecule has 6 aromatic rings. The van der Waals surface area contributed by atoms with Crippen LogP contribution in [0.15, 0.2) is 73.3 Å². The van der Waals surface area contributed by atoms with Gasteiger partial charge in [0.25, 0.3) is 5.91 Å². The molecule has 182 valence electrons. The molecule has 4 aromatic heterocycles. The van der Waals surface area contributed by atoms with Crippen molar-refractivity contribution in [3.63, 3.8) is 0 Å². The largest absolute Gasteiger partial charge is 0.375 e. The average Bonchev–Trinajstić information content (AvgIpc) is 3.56. The van der Waals surface area contributed by atoms with Crippen LogP contribution in [-0.2, 0) is 0 Å². The summed E-state index contributed by atoms with van der Waals surface area (Å²) in [7, 11) is 3.98. The molecule has 0 radical (unpaired) electrons. The van der Waals surface area contributed by atoms with Crippen molar-refractivity contribution in [1.82, 2.24) is 35.3 Å². The van der Waals surface area contributed by atoms with Crippen molar-refractivity contribution in [2.75, 3.05) is 29.6 Å². The summed E-state index contributed by atoms with van der Waals surface area (Å²) in [4.78, 5) is 27.1. The van der Waals surface area contributed by atoms with Gasteiger partial charge in [-0.1, -0.05) is 12.1 Å². The number of nitrogens with one attached hydrogen (secondary N) is 4. The fourth-order valence-electron chi connectivity index (χ4n) is 4.24. The number of hydrogen-bond acceptors (Lipinski definition) is 8. The highest BCUT2D eigenvalue weighted by molar-refractivity contribution is 6.06. The lowest BCUT2D eigenvalue weighted by Crippen LogP contribution is -2.12.